The lowest BCUT2D eigenvalue weighted by Crippen LogP contribution is -2.12. The van der Waals surface area contributed by atoms with Crippen molar-refractivity contribution in [1.29, 1.82) is 0 Å². The molecule has 0 spiro atoms. The van der Waals surface area contributed by atoms with Gasteiger partial charge in [0, 0.05) is 22.1 Å². The molecule has 2 N–H and O–H groups in total. The Morgan fingerprint density at radius 2 is 1.87 bits per heavy atom. The zero-order valence-electron chi connectivity index (χ0n) is 20.9. The first-order valence-electron chi connectivity index (χ1n) is 11.9. The van der Waals surface area contributed by atoms with Gasteiger partial charge in [0.15, 0.2) is 16.7 Å². The van der Waals surface area contributed by atoms with Crippen molar-refractivity contribution in [3.63, 3.8) is 0 Å². The van der Waals surface area contributed by atoms with Crippen LogP contribution >= 0.6 is 34.5 Å². The number of benzene rings is 2. The fraction of sp³-hybridized carbons (Fsp3) is 0.296. The van der Waals surface area contributed by atoms with Crippen molar-refractivity contribution in [1.82, 2.24) is 4.98 Å². The Hall–Kier alpha value is -3.14. The van der Waals surface area contributed by atoms with E-state index >= 15 is 4.39 Å². The molecule has 0 saturated carbocycles. The van der Waals surface area contributed by atoms with E-state index in [2.05, 4.69) is 17.2 Å². The Morgan fingerprint density at radius 1 is 1.16 bits per heavy atom. The second-order valence-electron chi connectivity index (χ2n) is 8.24. The predicted octanol–water partition coefficient (Wildman–Crippen LogP) is 7.93. The molecule has 1 amide bonds. The fourth-order valence-electron chi connectivity index (χ4n) is 3.52. The molecule has 7 nitrogen and oxygen atoms in total. The first-order valence-corrected chi connectivity index (χ1v) is 13.5. The largest absolute Gasteiger partial charge is 0.490 e. The van der Waals surface area contributed by atoms with E-state index in [0.29, 0.717) is 12.3 Å². The van der Waals surface area contributed by atoms with Crippen molar-refractivity contribution in [3.05, 3.63) is 68.5 Å². The molecule has 1 heterocycles. The van der Waals surface area contributed by atoms with Crippen LogP contribution in [0.2, 0.25) is 10.0 Å². The monoisotopic (exact) mass is 580 g/mol. The molecule has 202 valence electrons. The van der Waals surface area contributed by atoms with Gasteiger partial charge in [0.25, 0.3) is 5.91 Å². The normalized spacial score (nSPS) is 11.3. The first-order chi connectivity index (χ1) is 18.2. The number of carboxylic acids is 1. The molecular formula is C27H27Cl2FN2O5S. The van der Waals surface area contributed by atoms with E-state index in [4.69, 9.17) is 37.8 Å². The molecule has 0 aliphatic rings. The number of methoxy groups -OCH3 is 1. The molecule has 0 aliphatic carbocycles. The number of nitrogens with zero attached hydrogens (tertiary/aromatic N) is 1. The van der Waals surface area contributed by atoms with E-state index in [1.54, 1.807) is 23.6 Å². The van der Waals surface area contributed by atoms with Gasteiger partial charge in [0.1, 0.15) is 0 Å². The van der Waals surface area contributed by atoms with Gasteiger partial charge >= 0.3 is 5.97 Å². The zero-order chi connectivity index (χ0) is 27.7. The van der Waals surface area contributed by atoms with Gasteiger partial charge in [-0.25, -0.2) is 14.2 Å². The molecule has 0 atom stereocenters. The molecular weight excluding hydrogens is 554 g/mol. The van der Waals surface area contributed by atoms with Gasteiger partial charge in [-0.2, -0.15) is 0 Å². The summed E-state index contributed by atoms with van der Waals surface area (Å²) >= 11 is 13.6. The van der Waals surface area contributed by atoms with Crippen LogP contribution in [0.5, 0.6) is 5.75 Å². The molecule has 11 heteroatoms. The number of carbonyl (C=O) groups excluding carboxylic acids is 1. The number of nitrogens with one attached hydrogen (secondary N) is 1. The van der Waals surface area contributed by atoms with E-state index < -0.39 is 17.7 Å². The van der Waals surface area contributed by atoms with Gasteiger partial charge in [0.2, 0.25) is 5.76 Å². The number of hydrogen-bond acceptors (Lipinski definition) is 6. The zero-order valence-corrected chi connectivity index (χ0v) is 23.2. The van der Waals surface area contributed by atoms with E-state index in [1.165, 1.54) is 31.7 Å². The lowest BCUT2D eigenvalue weighted by molar-refractivity contribution is -0.135. The van der Waals surface area contributed by atoms with Crippen LogP contribution < -0.4 is 10.1 Å². The van der Waals surface area contributed by atoms with Crippen LogP contribution in [0.3, 0.4) is 0 Å². The smallest absolute Gasteiger partial charge is 0.371 e. The van der Waals surface area contributed by atoms with Crippen LogP contribution in [0.25, 0.3) is 17.3 Å². The maximum atomic E-state index is 15.1. The molecule has 2 aromatic carbocycles. The van der Waals surface area contributed by atoms with Crippen LogP contribution in [0.4, 0.5) is 9.52 Å². The summed E-state index contributed by atoms with van der Waals surface area (Å²) in [5.41, 5.74) is 0.941. The number of hydrogen-bond donors (Lipinski definition) is 2. The minimum atomic E-state index is -1.29. The molecule has 0 bridgehead atoms. The van der Waals surface area contributed by atoms with E-state index in [1.807, 2.05) is 0 Å². The number of halogens is 3. The second kappa shape index (κ2) is 14.1. The average molecular weight is 581 g/mol. The Labute approximate surface area is 234 Å². The van der Waals surface area contributed by atoms with Gasteiger partial charge in [0.05, 0.1) is 29.5 Å². The SMILES string of the molecule is CCCCCCCOc1cccc(-c2csc(NC(=O)c3cc(Cl)c(C=C(OC)C(=O)O)c(Cl)c3)n2)c1F. The summed E-state index contributed by atoms with van der Waals surface area (Å²) in [7, 11) is 1.20. The topological polar surface area (TPSA) is 97.8 Å². The number of rotatable bonds is 13. The number of amides is 1. The molecule has 0 aliphatic heterocycles. The summed E-state index contributed by atoms with van der Waals surface area (Å²) in [6, 6.07) is 7.57. The molecule has 0 unspecified atom stereocenters. The van der Waals surface area contributed by atoms with Crippen molar-refractivity contribution in [2.45, 2.75) is 39.0 Å². The Bertz CT molecular complexity index is 1310. The number of carbonyl (C=O) groups is 2. The number of aliphatic carboxylic acids is 1. The van der Waals surface area contributed by atoms with E-state index in [0.717, 1.165) is 37.0 Å². The third-order valence-corrected chi connectivity index (χ3v) is 6.90. The van der Waals surface area contributed by atoms with Crippen LogP contribution in [0.1, 0.15) is 54.9 Å². The maximum absolute atomic E-state index is 15.1. The average Bonchev–Trinajstić information content (AvgIpc) is 3.34. The van der Waals surface area contributed by atoms with E-state index in [-0.39, 0.29) is 43.4 Å². The van der Waals surface area contributed by atoms with Crippen molar-refractivity contribution in [3.8, 4) is 17.0 Å². The van der Waals surface area contributed by atoms with Crippen molar-refractivity contribution < 1.29 is 28.6 Å². The van der Waals surface area contributed by atoms with Crippen LogP contribution in [0.15, 0.2) is 41.5 Å². The molecule has 3 aromatic rings. The molecule has 38 heavy (non-hydrogen) atoms. The van der Waals surface area contributed by atoms with Gasteiger partial charge in [-0.05, 0) is 36.8 Å². The number of thiazole rings is 1. The summed E-state index contributed by atoms with van der Waals surface area (Å²) in [5, 5.41) is 13.8. The van der Waals surface area contributed by atoms with Crippen LogP contribution in [0, 0.1) is 5.82 Å². The highest BCUT2D eigenvalue weighted by molar-refractivity contribution is 7.14. The molecule has 0 radical (unpaired) electrons. The number of unbranched alkanes of at least 4 members (excludes halogenated alkanes) is 4. The Morgan fingerprint density at radius 3 is 2.53 bits per heavy atom. The van der Waals surface area contributed by atoms with Crippen molar-refractivity contribution in [2.24, 2.45) is 0 Å². The second-order valence-corrected chi connectivity index (χ2v) is 9.92. The highest BCUT2D eigenvalue weighted by Crippen LogP contribution is 2.33. The molecule has 3 rings (SSSR count). The van der Waals surface area contributed by atoms with Crippen LogP contribution in [-0.4, -0.2) is 35.7 Å². The lowest BCUT2D eigenvalue weighted by Gasteiger charge is -2.09. The lowest BCUT2D eigenvalue weighted by atomic mass is 10.1. The third-order valence-electron chi connectivity index (χ3n) is 5.52. The van der Waals surface area contributed by atoms with Gasteiger partial charge < -0.3 is 14.6 Å². The Kier molecular flexibility index (Phi) is 10.9. The predicted molar refractivity (Wildman–Crippen MR) is 149 cm³/mol. The highest BCUT2D eigenvalue weighted by atomic mass is 35.5. The standard InChI is InChI=1S/C27H27Cl2FN2O5S/c1-3-4-5-6-7-11-37-22-10-8-9-17(24(22)30)21-15-38-27(31-21)32-25(33)16-12-19(28)18(20(29)13-16)14-23(36-2)26(34)35/h8-10,12-15H,3-7,11H2,1-2H3,(H,34,35)(H,31,32,33). The number of anilines is 1. The third kappa shape index (κ3) is 7.69. The quantitative estimate of drug-likeness (QED) is 0.121. The molecule has 0 saturated heterocycles. The van der Waals surface area contributed by atoms with Crippen molar-refractivity contribution >= 4 is 57.6 Å². The van der Waals surface area contributed by atoms with E-state index in [9.17, 15) is 9.59 Å². The summed E-state index contributed by atoms with van der Waals surface area (Å²) in [5.74, 6) is -2.55. The number of ether oxygens (including phenoxy) is 2. The highest BCUT2D eigenvalue weighted by Gasteiger charge is 2.18. The minimum Gasteiger partial charge on any atom is -0.490 e. The van der Waals surface area contributed by atoms with Crippen LogP contribution in [-0.2, 0) is 9.53 Å². The van der Waals surface area contributed by atoms with Crippen molar-refractivity contribution in [2.75, 3.05) is 19.0 Å². The molecule has 1 aromatic heterocycles. The van der Waals surface area contributed by atoms with Gasteiger partial charge in [-0.1, -0.05) is 61.9 Å². The summed E-state index contributed by atoms with van der Waals surface area (Å²) in [4.78, 5) is 28.3. The summed E-state index contributed by atoms with van der Waals surface area (Å²) in [6.45, 7) is 2.59. The molecule has 0 fully saturated rings. The summed E-state index contributed by atoms with van der Waals surface area (Å²) < 4.78 is 25.5. The van der Waals surface area contributed by atoms with Gasteiger partial charge in [-0.3, -0.25) is 10.1 Å². The summed E-state index contributed by atoms with van der Waals surface area (Å²) in [6.07, 6.45) is 6.53. The number of aromatic nitrogens is 1. The van der Waals surface area contributed by atoms with Gasteiger partial charge in [-0.15, -0.1) is 11.3 Å². The fourth-order valence-corrected chi connectivity index (χ4v) is 4.83. The maximum Gasteiger partial charge on any atom is 0.371 e. The Balaban J connectivity index is 1.71. The minimum absolute atomic E-state index is 0.0579. The number of carboxylic acid groups (broad SMARTS) is 1. The first kappa shape index (κ1) is 29.4.